The molecule has 0 unspecified atom stereocenters. The van der Waals surface area contributed by atoms with Crippen LogP contribution in [0.3, 0.4) is 0 Å². The molecule has 0 bridgehead atoms. The van der Waals surface area contributed by atoms with Crippen LogP contribution in [0.25, 0.3) is 0 Å². The van der Waals surface area contributed by atoms with E-state index >= 15 is 0 Å². The first-order chi connectivity index (χ1) is 14.7. The fourth-order valence-electron chi connectivity index (χ4n) is 3.77. The molecule has 0 aromatic heterocycles. The number of carbonyl (C=O) groups excluding carboxylic acids is 1. The van der Waals surface area contributed by atoms with Crippen molar-refractivity contribution in [1.29, 1.82) is 0 Å². The van der Waals surface area contributed by atoms with Crippen molar-refractivity contribution < 1.29 is 19.0 Å². The summed E-state index contributed by atoms with van der Waals surface area (Å²) in [5, 5.41) is 2.94. The molecule has 1 N–H and O–H groups in total. The standard InChI is InChI=1S/C24H22N2O4/c27-23(26-13-15-28-16-14-26)25-20-11-12-21-22(17-20)30-24(29-21,18-7-3-1-4-8-18)19-9-5-2-6-10-19/h1-12,17H,13-16H2,(H,25,27). The van der Waals surface area contributed by atoms with E-state index in [-0.39, 0.29) is 6.03 Å². The van der Waals surface area contributed by atoms with Crippen molar-refractivity contribution in [2.75, 3.05) is 31.6 Å². The summed E-state index contributed by atoms with van der Waals surface area (Å²) < 4.78 is 18.1. The summed E-state index contributed by atoms with van der Waals surface area (Å²) in [6, 6.07) is 25.0. The van der Waals surface area contributed by atoms with Crippen molar-refractivity contribution in [2.24, 2.45) is 0 Å². The van der Waals surface area contributed by atoms with Crippen molar-refractivity contribution in [3.05, 3.63) is 90.0 Å². The molecule has 3 aromatic rings. The van der Waals surface area contributed by atoms with Crippen LogP contribution < -0.4 is 14.8 Å². The zero-order valence-electron chi connectivity index (χ0n) is 16.4. The number of benzene rings is 3. The third-order valence-corrected chi connectivity index (χ3v) is 5.31. The van der Waals surface area contributed by atoms with Gasteiger partial charge in [-0.2, -0.15) is 0 Å². The van der Waals surface area contributed by atoms with Crippen molar-refractivity contribution in [3.63, 3.8) is 0 Å². The highest BCUT2D eigenvalue weighted by atomic mass is 16.7. The maximum absolute atomic E-state index is 12.5. The van der Waals surface area contributed by atoms with Crippen LogP contribution in [0.1, 0.15) is 11.1 Å². The van der Waals surface area contributed by atoms with E-state index in [4.69, 9.17) is 14.2 Å². The highest BCUT2D eigenvalue weighted by Gasteiger charge is 2.45. The van der Waals surface area contributed by atoms with E-state index in [1.54, 1.807) is 11.0 Å². The number of ether oxygens (including phenoxy) is 3. The predicted molar refractivity (Wildman–Crippen MR) is 113 cm³/mol. The number of nitrogens with one attached hydrogen (secondary N) is 1. The van der Waals surface area contributed by atoms with E-state index in [2.05, 4.69) is 5.32 Å². The van der Waals surface area contributed by atoms with Gasteiger partial charge in [0.15, 0.2) is 11.5 Å². The van der Waals surface area contributed by atoms with Gasteiger partial charge in [0.2, 0.25) is 0 Å². The molecule has 0 saturated carbocycles. The number of anilines is 1. The smallest absolute Gasteiger partial charge is 0.322 e. The van der Waals surface area contributed by atoms with Gasteiger partial charge in [-0.05, 0) is 12.1 Å². The molecule has 0 radical (unpaired) electrons. The summed E-state index contributed by atoms with van der Waals surface area (Å²) in [5.41, 5.74) is 2.45. The van der Waals surface area contributed by atoms with E-state index in [1.807, 2.05) is 72.8 Å². The number of nitrogens with zero attached hydrogens (tertiary/aromatic N) is 1. The van der Waals surface area contributed by atoms with Gasteiger partial charge in [-0.1, -0.05) is 60.7 Å². The van der Waals surface area contributed by atoms with Crippen LogP contribution in [0.15, 0.2) is 78.9 Å². The Morgan fingerprint density at radius 1 is 0.800 bits per heavy atom. The summed E-state index contributed by atoms with van der Waals surface area (Å²) in [7, 11) is 0. The Labute approximate surface area is 175 Å². The van der Waals surface area contributed by atoms with Crippen LogP contribution >= 0.6 is 0 Å². The van der Waals surface area contributed by atoms with Crippen LogP contribution in [-0.4, -0.2) is 37.2 Å². The van der Waals surface area contributed by atoms with Crippen molar-refractivity contribution in [1.82, 2.24) is 4.90 Å². The molecule has 30 heavy (non-hydrogen) atoms. The quantitative estimate of drug-likeness (QED) is 0.713. The number of fused-ring (bicyclic) bond motifs is 1. The maximum atomic E-state index is 12.5. The van der Waals surface area contributed by atoms with Gasteiger partial charge >= 0.3 is 11.8 Å². The highest BCUT2D eigenvalue weighted by Crippen LogP contribution is 2.48. The van der Waals surface area contributed by atoms with Crippen LogP contribution in [0.2, 0.25) is 0 Å². The molecule has 152 valence electrons. The Hall–Kier alpha value is -3.51. The summed E-state index contributed by atoms with van der Waals surface area (Å²) in [6.45, 7) is 2.29. The molecule has 6 heteroatoms. The molecule has 2 aliphatic rings. The molecule has 5 rings (SSSR count). The second kappa shape index (κ2) is 7.72. The number of carbonyl (C=O) groups is 1. The first-order valence-corrected chi connectivity index (χ1v) is 10.0. The molecule has 3 aromatic carbocycles. The number of amides is 2. The van der Waals surface area contributed by atoms with Crippen LogP contribution in [0.4, 0.5) is 10.5 Å². The predicted octanol–water partition coefficient (Wildman–Crippen LogP) is 4.22. The third kappa shape index (κ3) is 3.35. The van der Waals surface area contributed by atoms with E-state index in [0.717, 1.165) is 11.1 Å². The summed E-state index contributed by atoms with van der Waals surface area (Å²) in [4.78, 5) is 14.3. The van der Waals surface area contributed by atoms with Gasteiger partial charge in [-0.3, -0.25) is 0 Å². The van der Waals surface area contributed by atoms with E-state index in [9.17, 15) is 4.79 Å². The normalized spacial score (nSPS) is 16.9. The second-order valence-corrected chi connectivity index (χ2v) is 7.24. The van der Waals surface area contributed by atoms with Crippen molar-refractivity contribution in [2.45, 2.75) is 5.79 Å². The summed E-state index contributed by atoms with van der Waals surface area (Å²) in [6.07, 6.45) is 0. The average molecular weight is 402 g/mol. The molecule has 2 aliphatic heterocycles. The minimum atomic E-state index is -1.07. The Balaban J connectivity index is 1.44. The highest BCUT2D eigenvalue weighted by molar-refractivity contribution is 5.89. The van der Waals surface area contributed by atoms with Gasteiger partial charge in [0.05, 0.1) is 13.2 Å². The van der Waals surface area contributed by atoms with Crippen molar-refractivity contribution in [3.8, 4) is 11.5 Å². The van der Waals surface area contributed by atoms with Gasteiger partial charge in [0.1, 0.15) is 0 Å². The lowest BCUT2D eigenvalue weighted by Gasteiger charge is -2.28. The minimum Gasteiger partial charge on any atom is -0.440 e. The summed E-state index contributed by atoms with van der Waals surface area (Å²) >= 11 is 0. The van der Waals surface area contributed by atoms with Crippen molar-refractivity contribution >= 4 is 11.7 Å². The van der Waals surface area contributed by atoms with E-state index < -0.39 is 5.79 Å². The first-order valence-electron chi connectivity index (χ1n) is 10.0. The zero-order valence-corrected chi connectivity index (χ0v) is 16.4. The molecular weight excluding hydrogens is 380 g/mol. The minimum absolute atomic E-state index is 0.144. The third-order valence-electron chi connectivity index (χ3n) is 5.31. The molecule has 1 fully saturated rings. The van der Waals surface area contributed by atoms with Gasteiger partial charge in [-0.15, -0.1) is 0 Å². The monoisotopic (exact) mass is 402 g/mol. The van der Waals surface area contributed by atoms with Gasteiger partial charge in [-0.25, -0.2) is 4.79 Å². The Kier molecular flexibility index (Phi) is 4.77. The summed E-state index contributed by atoms with van der Waals surface area (Å²) in [5.74, 6) is 0.145. The maximum Gasteiger partial charge on any atom is 0.322 e. The Bertz CT molecular complexity index is 994. The molecule has 2 heterocycles. The molecule has 0 aliphatic carbocycles. The van der Waals surface area contributed by atoms with E-state index in [0.29, 0.717) is 43.5 Å². The lowest BCUT2D eigenvalue weighted by atomic mass is 9.97. The second-order valence-electron chi connectivity index (χ2n) is 7.24. The molecule has 2 amide bonds. The number of rotatable bonds is 3. The topological polar surface area (TPSA) is 60.0 Å². The number of hydrogen-bond acceptors (Lipinski definition) is 4. The van der Waals surface area contributed by atoms with E-state index in [1.165, 1.54) is 0 Å². The first kappa shape index (κ1) is 18.5. The molecule has 1 saturated heterocycles. The Morgan fingerprint density at radius 2 is 1.40 bits per heavy atom. The number of urea groups is 1. The number of hydrogen-bond donors (Lipinski definition) is 1. The largest absolute Gasteiger partial charge is 0.440 e. The molecule has 0 atom stereocenters. The molecule has 6 nitrogen and oxygen atoms in total. The molecule has 0 spiro atoms. The molecular formula is C24H22N2O4. The Morgan fingerprint density at radius 3 is 2.03 bits per heavy atom. The SMILES string of the molecule is O=C(Nc1ccc2c(c1)OC(c1ccccc1)(c1ccccc1)O2)N1CCOCC1. The van der Waals surface area contributed by atoms with Crippen LogP contribution in [0.5, 0.6) is 11.5 Å². The van der Waals surface area contributed by atoms with Gasteiger partial charge in [0.25, 0.3) is 0 Å². The fourth-order valence-corrected chi connectivity index (χ4v) is 3.77. The average Bonchev–Trinajstić information content (AvgIpc) is 3.21. The lowest BCUT2D eigenvalue weighted by molar-refractivity contribution is -0.0458. The van der Waals surface area contributed by atoms with Crippen LogP contribution in [0, 0.1) is 0 Å². The lowest BCUT2D eigenvalue weighted by Crippen LogP contribution is -2.43. The van der Waals surface area contributed by atoms with Crippen LogP contribution in [-0.2, 0) is 10.5 Å². The fraction of sp³-hybridized carbons (Fsp3) is 0.208. The zero-order chi connectivity index (χ0) is 20.4. The van der Waals surface area contributed by atoms with Gasteiger partial charge in [0, 0.05) is 36.0 Å². The number of morpholine rings is 1. The van der Waals surface area contributed by atoms with Gasteiger partial charge < -0.3 is 24.4 Å².